The van der Waals surface area contributed by atoms with Gasteiger partial charge in [0.15, 0.2) is 12.6 Å². The smallest absolute Gasteiger partial charge is 0.411 e. The van der Waals surface area contributed by atoms with Crippen LogP contribution in [0.4, 0.5) is 15.3 Å². The van der Waals surface area contributed by atoms with Crippen molar-refractivity contribution in [2.24, 2.45) is 11.8 Å². The molecular formula is C33H41N3O11S. The number of nitrogens with one attached hydrogen (secondary N) is 2. The second kappa shape index (κ2) is 14.3. The predicted octanol–water partition coefficient (Wildman–Crippen LogP) is 2.87. The van der Waals surface area contributed by atoms with Crippen LogP contribution in [0.15, 0.2) is 59.5 Å². The summed E-state index contributed by atoms with van der Waals surface area (Å²) in [6, 6.07) is 14.9. The van der Waals surface area contributed by atoms with E-state index in [9.17, 15) is 18.0 Å². The number of amides is 2. The van der Waals surface area contributed by atoms with Crippen LogP contribution in [0.1, 0.15) is 25.3 Å². The predicted molar refractivity (Wildman–Crippen MR) is 168 cm³/mol. The highest BCUT2D eigenvalue weighted by Crippen LogP contribution is 2.34. The molecule has 2 aromatic carbocycles. The highest BCUT2D eigenvalue weighted by atomic mass is 32.2. The van der Waals surface area contributed by atoms with Crippen LogP contribution in [-0.4, -0.2) is 107 Å². The fourth-order valence-corrected chi connectivity index (χ4v) is 8.60. The summed E-state index contributed by atoms with van der Waals surface area (Å²) in [5.41, 5.74) is 1.34. The van der Waals surface area contributed by atoms with Crippen molar-refractivity contribution in [3.05, 3.63) is 60.2 Å². The topological polar surface area (TPSA) is 160 Å². The fraction of sp³-hybridized carbons (Fsp3) is 0.576. The van der Waals surface area contributed by atoms with E-state index in [1.165, 1.54) is 28.6 Å². The van der Waals surface area contributed by atoms with Crippen LogP contribution in [-0.2, 0) is 49.6 Å². The molecule has 48 heavy (non-hydrogen) atoms. The average Bonchev–Trinajstić information content (AvgIpc) is 3.87. The van der Waals surface area contributed by atoms with Crippen molar-refractivity contribution >= 4 is 27.9 Å². The van der Waals surface area contributed by atoms with Crippen molar-refractivity contribution in [1.29, 1.82) is 0 Å². The monoisotopic (exact) mass is 687 g/mol. The molecule has 0 spiro atoms. The summed E-state index contributed by atoms with van der Waals surface area (Å²) in [5, 5.41) is 5.63. The molecule has 2 N–H and O–H groups in total. The van der Waals surface area contributed by atoms with Gasteiger partial charge >= 0.3 is 12.2 Å². The van der Waals surface area contributed by atoms with E-state index < -0.39 is 52.7 Å². The zero-order chi connectivity index (χ0) is 33.3. The summed E-state index contributed by atoms with van der Waals surface area (Å²) in [5.74, 6) is -0.00773. The van der Waals surface area contributed by atoms with Crippen LogP contribution in [0.5, 0.6) is 0 Å². The summed E-state index contributed by atoms with van der Waals surface area (Å²) in [6.07, 6.45) is -2.00. The van der Waals surface area contributed by atoms with Gasteiger partial charge in [0.25, 0.3) is 0 Å². The Hall–Kier alpha value is -3.31. The quantitative estimate of drug-likeness (QED) is 0.399. The molecule has 7 rings (SSSR count). The number of hydrogen-bond donors (Lipinski definition) is 2. The lowest BCUT2D eigenvalue weighted by Crippen LogP contribution is -2.57. The SMILES string of the molecule is CC1CN(S(=O)(=O)c2ccc(NC(=O)OC3COC4OCC[C@H]34)cc2)C[C@H]([C@H](Cc2ccccc2)NC(=O)O[C@H]2CO[C@H]3OCCC32)O1. The minimum absolute atomic E-state index is 0.00725. The first-order valence-electron chi connectivity index (χ1n) is 16.4. The molecule has 9 atom stereocenters. The molecule has 2 amide bonds. The number of alkyl carbamates (subject to hydrolysis) is 1. The third kappa shape index (κ3) is 7.32. The number of hydrogen-bond acceptors (Lipinski definition) is 11. The molecule has 2 aromatic rings. The summed E-state index contributed by atoms with van der Waals surface area (Å²) < 4.78 is 68.9. The molecule has 4 unspecified atom stereocenters. The largest absolute Gasteiger partial charge is 0.443 e. The van der Waals surface area contributed by atoms with Gasteiger partial charge in [-0.15, -0.1) is 0 Å². The Morgan fingerprint density at radius 3 is 2.12 bits per heavy atom. The minimum Gasteiger partial charge on any atom is -0.443 e. The van der Waals surface area contributed by atoms with Crippen LogP contribution >= 0.6 is 0 Å². The standard InChI is InChI=1S/C33H41N3O11S/c1-20-16-36(48(39,40)23-9-7-22(8-10-23)34-32(37)46-28-18-43-30-24(28)11-13-41-30)17-27(45-20)26(15-21-5-3-2-4-6-21)35-33(38)47-29-19-44-31-25(29)12-14-42-31/h2-10,20,24-31H,11-19H2,1H3,(H,34,37)(H,35,38)/t20?,24-,25?,26+,27-,28?,29+,30?,31-/m1/s1. The van der Waals surface area contributed by atoms with Gasteiger partial charge in [0, 0.05) is 18.8 Å². The molecule has 5 aliphatic rings. The number of anilines is 1. The van der Waals surface area contributed by atoms with E-state index in [1.54, 1.807) is 6.92 Å². The van der Waals surface area contributed by atoms with Crippen LogP contribution in [0, 0.1) is 11.8 Å². The van der Waals surface area contributed by atoms with Gasteiger partial charge in [0.1, 0.15) is 12.2 Å². The Balaban J connectivity index is 1.00. The van der Waals surface area contributed by atoms with Gasteiger partial charge in [-0.25, -0.2) is 18.0 Å². The number of benzene rings is 2. The van der Waals surface area contributed by atoms with Gasteiger partial charge in [-0.2, -0.15) is 4.31 Å². The zero-order valence-electron chi connectivity index (χ0n) is 26.6. The van der Waals surface area contributed by atoms with Gasteiger partial charge < -0.3 is 38.5 Å². The molecule has 0 bridgehead atoms. The number of sulfonamides is 1. The molecule has 5 fully saturated rings. The molecule has 0 aliphatic carbocycles. The Labute approximate surface area is 279 Å². The van der Waals surface area contributed by atoms with Crippen molar-refractivity contribution < 1.29 is 51.2 Å². The maximum absolute atomic E-state index is 13.9. The summed E-state index contributed by atoms with van der Waals surface area (Å²) in [6.45, 7) is 3.60. The molecular weight excluding hydrogens is 646 g/mol. The van der Waals surface area contributed by atoms with E-state index in [4.69, 9.17) is 33.2 Å². The van der Waals surface area contributed by atoms with Crippen LogP contribution in [0.25, 0.3) is 0 Å². The molecule has 0 saturated carbocycles. The highest BCUT2D eigenvalue weighted by molar-refractivity contribution is 7.89. The zero-order valence-corrected chi connectivity index (χ0v) is 27.4. The number of fused-ring (bicyclic) bond motifs is 2. The van der Waals surface area contributed by atoms with Gasteiger partial charge in [-0.3, -0.25) is 5.32 Å². The minimum atomic E-state index is -3.96. The Kier molecular flexibility index (Phi) is 9.87. The first-order chi connectivity index (χ1) is 23.2. The second-order valence-electron chi connectivity index (χ2n) is 12.8. The van der Waals surface area contributed by atoms with Crippen molar-refractivity contribution in [2.45, 2.75) is 74.1 Å². The summed E-state index contributed by atoms with van der Waals surface area (Å²) >= 11 is 0. The molecule has 15 heteroatoms. The first kappa shape index (κ1) is 33.2. The number of nitrogens with zero attached hydrogens (tertiary/aromatic N) is 1. The van der Waals surface area contributed by atoms with E-state index in [0.717, 1.165) is 18.4 Å². The number of carbonyl (C=O) groups is 2. The lowest BCUT2D eigenvalue weighted by molar-refractivity contribution is -0.0909. The summed E-state index contributed by atoms with van der Waals surface area (Å²) in [4.78, 5) is 25.8. The number of morpholine rings is 1. The third-order valence-electron chi connectivity index (χ3n) is 9.53. The van der Waals surface area contributed by atoms with E-state index in [2.05, 4.69) is 10.6 Å². The van der Waals surface area contributed by atoms with Crippen LogP contribution in [0.3, 0.4) is 0 Å². The lowest BCUT2D eigenvalue weighted by atomic mass is 10.00. The number of rotatable bonds is 9. The van der Waals surface area contributed by atoms with Gasteiger partial charge in [-0.1, -0.05) is 30.3 Å². The molecule has 260 valence electrons. The molecule has 0 radical (unpaired) electrons. The average molecular weight is 688 g/mol. The second-order valence-corrected chi connectivity index (χ2v) is 14.8. The van der Waals surface area contributed by atoms with Crippen molar-refractivity contribution in [3.8, 4) is 0 Å². The normalized spacial score (nSPS) is 32.3. The van der Waals surface area contributed by atoms with E-state index >= 15 is 0 Å². The molecule has 5 saturated heterocycles. The van der Waals surface area contributed by atoms with E-state index in [1.807, 2.05) is 30.3 Å². The van der Waals surface area contributed by atoms with Crippen LogP contribution in [0.2, 0.25) is 0 Å². The van der Waals surface area contributed by atoms with Gasteiger partial charge in [-0.05, 0) is 56.0 Å². The van der Waals surface area contributed by atoms with Gasteiger partial charge in [0.05, 0.1) is 61.4 Å². The lowest BCUT2D eigenvalue weighted by Gasteiger charge is -2.39. The Morgan fingerprint density at radius 1 is 0.854 bits per heavy atom. The maximum atomic E-state index is 13.9. The van der Waals surface area contributed by atoms with E-state index in [-0.39, 0.29) is 55.6 Å². The maximum Gasteiger partial charge on any atom is 0.411 e. The van der Waals surface area contributed by atoms with Crippen LogP contribution < -0.4 is 10.6 Å². The van der Waals surface area contributed by atoms with Crippen molar-refractivity contribution in [1.82, 2.24) is 9.62 Å². The molecule has 14 nitrogen and oxygen atoms in total. The highest BCUT2D eigenvalue weighted by Gasteiger charge is 2.45. The Morgan fingerprint density at radius 2 is 1.48 bits per heavy atom. The number of carbonyl (C=O) groups excluding carboxylic acids is 2. The first-order valence-corrected chi connectivity index (χ1v) is 17.9. The molecule has 5 heterocycles. The molecule has 0 aromatic heterocycles. The fourth-order valence-electron chi connectivity index (χ4n) is 7.07. The van der Waals surface area contributed by atoms with Crippen molar-refractivity contribution in [2.75, 3.05) is 44.8 Å². The van der Waals surface area contributed by atoms with Crippen molar-refractivity contribution in [3.63, 3.8) is 0 Å². The molecule has 5 aliphatic heterocycles. The third-order valence-corrected chi connectivity index (χ3v) is 11.4. The van der Waals surface area contributed by atoms with E-state index in [0.29, 0.717) is 25.3 Å². The summed E-state index contributed by atoms with van der Waals surface area (Å²) in [7, 11) is -3.96. The Bertz CT molecular complexity index is 1550. The number of ether oxygens (including phenoxy) is 7. The van der Waals surface area contributed by atoms with Gasteiger partial charge in [0.2, 0.25) is 10.0 Å².